The van der Waals surface area contributed by atoms with Gasteiger partial charge in [0.1, 0.15) is 0 Å². The van der Waals surface area contributed by atoms with Crippen LogP contribution in [0, 0.1) is 0 Å². The van der Waals surface area contributed by atoms with E-state index >= 15 is 0 Å². The first-order valence-electron chi connectivity index (χ1n) is 6.32. The van der Waals surface area contributed by atoms with Crippen LogP contribution in [0.2, 0.25) is 0 Å². The molecule has 0 saturated heterocycles. The molecule has 0 spiro atoms. The highest BCUT2D eigenvalue weighted by molar-refractivity contribution is 7.89. The van der Waals surface area contributed by atoms with Gasteiger partial charge in [-0.15, -0.1) is 11.6 Å². The van der Waals surface area contributed by atoms with Crippen LogP contribution in [0.25, 0.3) is 0 Å². The number of nitrogens with one attached hydrogen (secondary N) is 1. The third kappa shape index (κ3) is 6.31. The second-order valence-electron chi connectivity index (χ2n) is 5.11. The average molecular weight is 322 g/mol. The Kier molecular flexibility index (Phi) is 5.95. The summed E-state index contributed by atoms with van der Waals surface area (Å²) in [7, 11) is -3.71. The summed E-state index contributed by atoms with van der Waals surface area (Å²) in [6.07, 6.45) is -1.71. The lowest BCUT2D eigenvalue weighted by atomic mass is 9.84. The van der Waals surface area contributed by atoms with Gasteiger partial charge in [-0.2, -0.15) is 13.2 Å². The molecule has 1 N–H and O–H groups in total. The van der Waals surface area contributed by atoms with Crippen molar-refractivity contribution in [3.05, 3.63) is 0 Å². The normalized spacial score (nSPS) is 20.4. The number of hydrogen-bond donors (Lipinski definition) is 1. The van der Waals surface area contributed by atoms with Crippen LogP contribution in [0.4, 0.5) is 13.2 Å². The van der Waals surface area contributed by atoms with Crippen molar-refractivity contribution in [2.75, 3.05) is 11.6 Å². The molecule has 8 heteroatoms. The van der Waals surface area contributed by atoms with E-state index in [1.54, 1.807) is 0 Å². The summed E-state index contributed by atoms with van der Waals surface area (Å²) in [6, 6.07) is 0. The van der Waals surface area contributed by atoms with Crippen LogP contribution in [-0.2, 0) is 10.0 Å². The van der Waals surface area contributed by atoms with Gasteiger partial charge in [0.05, 0.1) is 5.75 Å². The summed E-state index contributed by atoms with van der Waals surface area (Å²) >= 11 is 5.84. The summed E-state index contributed by atoms with van der Waals surface area (Å²) < 4.78 is 62.1. The fourth-order valence-corrected chi connectivity index (χ4v) is 4.31. The number of hydrogen-bond acceptors (Lipinski definition) is 2. The van der Waals surface area contributed by atoms with Crippen LogP contribution in [-0.4, -0.2) is 31.8 Å². The zero-order valence-corrected chi connectivity index (χ0v) is 12.2. The molecular formula is C11H19ClF3NO2S. The third-order valence-corrected chi connectivity index (χ3v) is 5.39. The van der Waals surface area contributed by atoms with Crippen molar-refractivity contribution in [3.8, 4) is 0 Å². The summed E-state index contributed by atoms with van der Waals surface area (Å²) in [6.45, 7) is 0. The minimum Gasteiger partial charge on any atom is -0.212 e. The molecule has 0 aromatic rings. The standard InChI is InChI=1S/C11H19ClF3NO2S/c12-9-10(5-2-1-3-6-10)16-19(17,18)8-4-7-11(13,14)15/h16H,1-9H2. The van der Waals surface area contributed by atoms with Crippen molar-refractivity contribution in [1.82, 2.24) is 4.72 Å². The minimum atomic E-state index is -4.31. The van der Waals surface area contributed by atoms with Crippen molar-refractivity contribution >= 4 is 21.6 Å². The van der Waals surface area contributed by atoms with Crippen LogP contribution in [0.5, 0.6) is 0 Å². The number of rotatable bonds is 6. The largest absolute Gasteiger partial charge is 0.389 e. The first-order valence-corrected chi connectivity index (χ1v) is 8.51. The molecule has 3 nitrogen and oxygen atoms in total. The topological polar surface area (TPSA) is 46.2 Å². The smallest absolute Gasteiger partial charge is 0.212 e. The van der Waals surface area contributed by atoms with Crippen molar-refractivity contribution in [1.29, 1.82) is 0 Å². The van der Waals surface area contributed by atoms with Gasteiger partial charge in [0.25, 0.3) is 0 Å². The summed E-state index contributed by atoms with van der Waals surface area (Å²) in [5.41, 5.74) is -0.670. The monoisotopic (exact) mass is 321 g/mol. The fourth-order valence-electron chi connectivity index (χ4n) is 2.34. The number of halogens is 4. The molecule has 0 aromatic heterocycles. The Morgan fingerprint density at radius 2 is 1.74 bits per heavy atom. The van der Waals surface area contributed by atoms with Gasteiger partial charge in [-0.25, -0.2) is 13.1 Å². The van der Waals surface area contributed by atoms with E-state index in [0.29, 0.717) is 12.8 Å². The van der Waals surface area contributed by atoms with Gasteiger partial charge in [0, 0.05) is 17.8 Å². The number of sulfonamides is 1. The van der Waals surface area contributed by atoms with Gasteiger partial charge < -0.3 is 0 Å². The highest BCUT2D eigenvalue weighted by Gasteiger charge is 2.35. The van der Waals surface area contributed by atoms with Crippen LogP contribution >= 0.6 is 11.6 Å². The van der Waals surface area contributed by atoms with E-state index in [9.17, 15) is 21.6 Å². The van der Waals surface area contributed by atoms with Crippen molar-refractivity contribution in [2.45, 2.75) is 56.7 Å². The Balaban J connectivity index is 2.52. The van der Waals surface area contributed by atoms with Gasteiger partial charge in [-0.05, 0) is 19.3 Å². The molecule has 1 fully saturated rings. The summed E-state index contributed by atoms with van der Waals surface area (Å²) in [4.78, 5) is 0. The quantitative estimate of drug-likeness (QED) is 0.764. The lowest BCUT2D eigenvalue weighted by molar-refractivity contribution is -0.134. The van der Waals surface area contributed by atoms with Crippen LogP contribution in [0.15, 0.2) is 0 Å². The molecule has 0 amide bonds. The predicted octanol–water partition coefficient (Wildman–Crippen LogP) is 3.19. The molecule has 1 aliphatic carbocycles. The van der Waals surface area contributed by atoms with Gasteiger partial charge >= 0.3 is 6.18 Å². The van der Waals surface area contributed by atoms with Crippen molar-refractivity contribution in [2.24, 2.45) is 0 Å². The first-order chi connectivity index (χ1) is 8.68. The van der Waals surface area contributed by atoms with Crippen LogP contribution in [0.1, 0.15) is 44.9 Å². The molecule has 0 aromatic carbocycles. The molecule has 19 heavy (non-hydrogen) atoms. The third-order valence-electron chi connectivity index (χ3n) is 3.31. The molecular weight excluding hydrogens is 303 g/mol. The maximum absolute atomic E-state index is 12.0. The molecule has 1 saturated carbocycles. The molecule has 114 valence electrons. The highest BCUT2D eigenvalue weighted by Crippen LogP contribution is 2.30. The predicted molar refractivity (Wildman–Crippen MR) is 68.7 cm³/mol. The summed E-state index contributed by atoms with van der Waals surface area (Å²) in [5, 5.41) is 0. The molecule has 0 bridgehead atoms. The Morgan fingerprint density at radius 3 is 2.21 bits per heavy atom. The van der Waals surface area contributed by atoms with Gasteiger partial charge in [0.15, 0.2) is 0 Å². The van der Waals surface area contributed by atoms with E-state index in [2.05, 4.69) is 4.72 Å². The van der Waals surface area contributed by atoms with Crippen LogP contribution in [0.3, 0.4) is 0 Å². The van der Waals surface area contributed by atoms with Gasteiger partial charge in [-0.1, -0.05) is 19.3 Å². The summed E-state index contributed by atoms with van der Waals surface area (Å²) in [5.74, 6) is -0.351. The number of alkyl halides is 4. The SMILES string of the molecule is O=S(=O)(CCCC(F)(F)F)NC1(CCl)CCCCC1. The molecule has 0 radical (unpaired) electrons. The van der Waals surface area contributed by atoms with E-state index in [1.165, 1.54) is 0 Å². The maximum atomic E-state index is 12.0. The Morgan fingerprint density at radius 1 is 1.16 bits per heavy atom. The van der Waals surface area contributed by atoms with Crippen molar-refractivity contribution in [3.63, 3.8) is 0 Å². The Labute approximate surface area is 116 Å². The van der Waals surface area contributed by atoms with E-state index in [0.717, 1.165) is 19.3 Å². The zero-order valence-electron chi connectivity index (χ0n) is 10.6. The van der Waals surface area contributed by atoms with E-state index in [4.69, 9.17) is 11.6 Å². The molecule has 0 heterocycles. The first kappa shape index (κ1) is 17.0. The van der Waals surface area contributed by atoms with Crippen molar-refractivity contribution < 1.29 is 21.6 Å². The Bertz CT molecular complexity index is 378. The minimum absolute atomic E-state index is 0.158. The zero-order chi connectivity index (χ0) is 14.6. The van der Waals surface area contributed by atoms with E-state index in [-0.39, 0.29) is 5.88 Å². The molecule has 0 atom stereocenters. The lowest BCUT2D eigenvalue weighted by Crippen LogP contribution is -2.51. The van der Waals surface area contributed by atoms with Gasteiger partial charge in [0.2, 0.25) is 10.0 Å². The van der Waals surface area contributed by atoms with Gasteiger partial charge in [-0.3, -0.25) is 0 Å². The molecule has 1 rings (SSSR count). The average Bonchev–Trinajstić information content (AvgIpc) is 2.27. The second-order valence-corrected chi connectivity index (χ2v) is 7.22. The molecule has 1 aliphatic rings. The van der Waals surface area contributed by atoms with E-state index < -0.39 is 40.3 Å². The molecule has 0 aliphatic heterocycles. The van der Waals surface area contributed by atoms with Crippen LogP contribution < -0.4 is 4.72 Å². The lowest BCUT2D eigenvalue weighted by Gasteiger charge is -2.36. The highest BCUT2D eigenvalue weighted by atomic mass is 35.5. The molecule has 0 unspecified atom stereocenters. The Hall–Kier alpha value is -0.0100. The van der Waals surface area contributed by atoms with E-state index in [1.807, 2.05) is 0 Å². The maximum Gasteiger partial charge on any atom is 0.389 e. The second kappa shape index (κ2) is 6.63. The fraction of sp³-hybridized carbons (Fsp3) is 1.00.